The molecule has 0 saturated carbocycles. The van der Waals surface area contributed by atoms with Crippen LogP contribution in [0.5, 0.6) is 5.75 Å². The van der Waals surface area contributed by atoms with Crippen LogP contribution in [0.15, 0.2) is 53.4 Å². The van der Waals surface area contributed by atoms with Crippen molar-refractivity contribution in [2.24, 2.45) is 0 Å². The summed E-state index contributed by atoms with van der Waals surface area (Å²) in [5.74, 6) is 0.586. The van der Waals surface area contributed by atoms with Crippen LogP contribution in [0, 0.1) is 0 Å². The molecule has 5 heteroatoms. The van der Waals surface area contributed by atoms with Crippen molar-refractivity contribution in [3.63, 3.8) is 0 Å². The number of halogens is 1. The Balaban J connectivity index is 1.82. The van der Waals surface area contributed by atoms with Gasteiger partial charge < -0.3 is 15.2 Å². The van der Waals surface area contributed by atoms with E-state index < -0.39 is 6.10 Å². The van der Waals surface area contributed by atoms with Crippen LogP contribution in [0.2, 0.25) is 5.02 Å². The number of aliphatic hydroxyl groups is 1. The summed E-state index contributed by atoms with van der Waals surface area (Å²) in [6.45, 7) is 0.611. The molecule has 2 rings (SSSR count). The fourth-order valence-corrected chi connectivity index (χ4v) is 2.59. The zero-order valence-electron chi connectivity index (χ0n) is 11.8. The maximum Gasteiger partial charge on any atom is 0.138 e. The topological polar surface area (TPSA) is 41.5 Å². The highest BCUT2D eigenvalue weighted by molar-refractivity contribution is 7.98. The molecule has 0 bridgehead atoms. The average Bonchev–Trinajstić information content (AvgIpc) is 2.52. The summed E-state index contributed by atoms with van der Waals surface area (Å²) >= 11 is 7.66. The third-order valence-electron chi connectivity index (χ3n) is 2.90. The van der Waals surface area contributed by atoms with Crippen LogP contribution in [-0.4, -0.2) is 30.6 Å². The predicted octanol–water partition coefficient (Wildman–Crippen LogP) is 3.91. The van der Waals surface area contributed by atoms with Gasteiger partial charge in [0, 0.05) is 17.1 Å². The number of thioether (sulfide) groups is 1. The van der Waals surface area contributed by atoms with Crippen LogP contribution in [0.1, 0.15) is 0 Å². The SMILES string of the molecule is CSc1ccccc1NCC(O)COc1ccccc1Cl. The lowest BCUT2D eigenvalue weighted by atomic mass is 10.3. The maximum absolute atomic E-state index is 9.99. The van der Waals surface area contributed by atoms with Crippen molar-refractivity contribution < 1.29 is 9.84 Å². The van der Waals surface area contributed by atoms with Crippen molar-refractivity contribution in [1.82, 2.24) is 0 Å². The van der Waals surface area contributed by atoms with Gasteiger partial charge in [-0.25, -0.2) is 0 Å². The van der Waals surface area contributed by atoms with E-state index in [1.165, 1.54) is 0 Å². The fraction of sp³-hybridized carbons (Fsp3) is 0.250. The highest BCUT2D eigenvalue weighted by Gasteiger charge is 2.08. The minimum Gasteiger partial charge on any atom is -0.489 e. The van der Waals surface area contributed by atoms with Gasteiger partial charge in [-0.1, -0.05) is 35.9 Å². The van der Waals surface area contributed by atoms with Crippen LogP contribution in [0.25, 0.3) is 0 Å². The summed E-state index contributed by atoms with van der Waals surface area (Å²) in [7, 11) is 0. The van der Waals surface area contributed by atoms with Crippen LogP contribution >= 0.6 is 23.4 Å². The first kappa shape index (κ1) is 16.0. The molecular weight excluding hydrogens is 306 g/mol. The van der Waals surface area contributed by atoms with E-state index >= 15 is 0 Å². The van der Waals surface area contributed by atoms with Gasteiger partial charge in [0.15, 0.2) is 0 Å². The molecule has 21 heavy (non-hydrogen) atoms. The van der Waals surface area contributed by atoms with Crippen molar-refractivity contribution in [3.05, 3.63) is 53.6 Å². The number of anilines is 1. The molecule has 0 spiro atoms. The first-order valence-corrected chi connectivity index (χ1v) is 8.23. The van der Waals surface area contributed by atoms with E-state index in [-0.39, 0.29) is 6.61 Å². The van der Waals surface area contributed by atoms with E-state index in [4.69, 9.17) is 16.3 Å². The Bertz CT molecular complexity index is 580. The van der Waals surface area contributed by atoms with Gasteiger partial charge in [0.1, 0.15) is 18.5 Å². The third kappa shape index (κ3) is 4.84. The Morgan fingerprint density at radius 1 is 1.19 bits per heavy atom. The molecule has 0 saturated heterocycles. The Hall–Kier alpha value is -1.36. The van der Waals surface area contributed by atoms with Crippen LogP contribution in [0.3, 0.4) is 0 Å². The molecule has 0 radical (unpaired) electrons. The lowest BCUT2D eigenvalue weighted by molar-refractivity contribution is 0.117. The highest BCUT2D eigenvalue weighted by Crippen LogP contribution is 2.25. The van der Waals surface area contributed by atoms with Crippen molar-refractivity contribution in [2.45, 2.75) is 11.0 Å². The summed E-state index contributed by atoms with van der Waals surface area (Å²) in [4.78, 5) is 1.15. The second kappa shape index (κ2) is 8.17. The molecule has 1 unspecified atom stereocenters. The van der Waals surface area contributed by atoms with Crippen molar-refractivity contribution in [3.8, 4) is 5.75 Å². The number of ether oxygens (including phenoxy) is 1. The molecule has 0 aliphatic rings. The van der Waals surface area contributed by atoms with Crippen molar-refractivity contribution in [2.75, 3.05) is 24.7 Å². The summed E-state index contributed by atoms with van der Waals surface area (Å²) < 4.78 is 5.52. The number of aliphatic hydroxyl groups excluding tert-OH is 1. The maximum atomic E-state index is 9.99. The molecular formula is C16H18ClNO2S. The van der Waals surface area contributed by atoms with E-state index in [0.29, 0.717) is 17.3 Å². The van der Waals surface area contributed by atoms with Crippen LogP contribution in [0.4, 0.5) is 5.69 Å². The lowest BCUT2D eigenvalue weighted by Crippen LogP contribution is -2.26. The molecule has 2 N–H and O–H groups in total. The molecule has 0 aliphatic heterocycles. The first-order chi connectivity index (χ1) is 10.2. The van der Waals surface area contributed by atoms with E-state index in [9.17, 15) is 5.11 Å². The number of benzene rings is 2. The summed E-state index contributed by atoms with van der Waals surface area (Å²) in [5, 5.41) is 13.8. The molecule has 0 heterocycles. The largest absolute Gasteiger partial charge is 0.489 e. The minimum absolute atomic E-state index is 0.193. The van der Waals surface area contributed by atoms with Gasteiger partial charge in [0.05, 0.1) is 5.02 Å². The Morgan fingerprint density at radius 3 is 2.67 bits per heavy atom. The predicted molar refractivity (Wildman–Crippen MR) is 89.7 cm³/mol. The van der Waals surface area contributed by atoms with Gasteiger partial charge in [0.25, 0.3) is 0 Å². The van der Waals surface area contributed by atoms with Gasteiger partial charge >= 0.3 is 0 Å². The molecule has 0 amide bonds. The molecule has 112 valence electrons. The third-order valence-corrected chi connectivity index (χ3v) is 4.01. The lowest BCUT2D eigenvalue weighted by Gasteiger charge is -2.16. The number of nitrogens with one attached hydrogen (secondary N) is 1. The number of hydrogen-bond acceptors (Lipinski definition) is 4. The number of para-hydroxylation sites is 2. The first-order valence-electron chi connectivity index (χ1n) is 6.63. The Labute approximate surface area is 134 Å². The summed E-state index contributed by atoms with van der Waals surface area (Å²) in [6.07, 6.45) is 1.41. The molecule has 1 atom stereocenters. The summed E-state index contributed by atoms with van der Waals surface area (Å²) in [5.41, 5.74) is 1.02. The monoisotopic (exact) mass is 323 g/mol. The molecule has 0 aromatic heterocycles. The standard InChI is InChI=1S/C16H18ClNO2S/c1-21-16-9-5-3-7-14(16)18-10-12(19)11-20-15-8-4-2-6-13(15)17/h2-9,12,18-19H,10-11H2,1H3. The quantitative estimate of drug-likeness (QED) is 0.758. The summed E-state index contributed by atoms with van der Waals surface area (Å²) in [6, 6.07) is 15.2. The Morgan fingerprint density at radius 2 is 1.90 bits per heavy atom. The van der Waals surface area contributed by atoms with Gasteiger partial charge in [-0.3, -0.25) is 0 Å². The van der Waals surface area contributed by atoms with Crippen LogP contribution < -0.4 is 10.1 Å². The normalized spacial score (nSPS) is 12.0. The Kier molecular flexibility index (Phi) is 6.23. The minimum atomic E-state index is -0.615. The molecule has 0 fully saturated rings. The second-order valence-corrected chi connectivity index (χ2v) is 5.73. The van der Waals surface area contributed by atoms with Gasteiger partial charge in [-0.15, -0.1) is 11.8 Å². The molecule has 3 nitrogen and oxygen atoms in total. The van der Waals surface area contributed by atoms with Crippen LogP contribution in [-0.2, 0) is 0 Å². The van der Waals surface area contributed by atoms with Crippen molar-refractivity contribution >= 4 is 29.1 Å². The van der Waals surface area contributed by atoms with Gasteiger partial charge in [0.2, 0.25) is 0 Å². The molecule has 0 aliphatic carbocycles. The highest BCUT2D eigenvalue weighted by atomic mass is 35.5. The number of hydrogen-bond donors (Lipinski definition) is 2. The van der Waals surface area contributed by atoms with Crippen molar-refractivity contribution in [1.29, 1.82) is 0 Å². The molecule has 2 aromatic carbocycles. The van der Waals surface area contributed by atoms with Gasteiger partial charge in [-0.05, 0) is 30.5 Å². The van der Waals surface area contributed by atoms with E-state index in [2.05, 4.69) is 5.32 Å². The molecule has 2 aromatic rings. The second-order valence-electron chi connectivity index (χ2n) is 4.48. The van der Waals surface area contributed by atoms with E-state index in [1.807, 2.05) is 42.7 Å². The average molecular weight is 324 g/mol. The van der Waals surface area contributed by atoms with E-state index in [0.717, 1.165) is 10.6 Å². The zero-order valence-corrected chi connectivity index (χ0v) is 13.3. The zero-order chi connectivity index (χ0) is 15.1. The van der Waals surface area contributed by atoms with Gasteiger partial charge in [-0.2, -0.15) is 0 Å². The fourth-order valence-electron chi connectivity index (χ4n) is 1.83. The smallest absolute Gasteiger partial charge is 0.138 e. The van der Waals surface area contributed by atoms with E-state index in [1.54, 1.807) is 23.9 Å². The number of rotatable bonds is 7.